The number of aromatic nitrogens is 6. The van der Waals surface area contributed by atoms with Crippen molar-refractivity contribution in [3.05, 3.63) is 218 Å². The van der Waals surface area contributed by atoms with Crippen molar-refractivity contribution in [1.29, 1.82) is 0 Å². The maximum Gasteiger partial charge on any atom is 0.165 e. The van der Waals surface area contributed by atoms with Crippen LogP contribution in [0.25, 0.3) is 116 Å². The largest absolute Gasteiger partial charge is 0.309 e. The molecule has 4 aromatic heterocycles. The molecule has 4 atom stereocenters. The number of nitrogens with zero attached hydrogens (tertiary/aromatic N) is 6. The Balaban J connectivity index is 0.992. The molecule has 0 aliphatic heterocycles. The number of benzene rings is 9. The molecule has 2 bridgehead atoms. The average molecular weight is 955 g/mol. The van der Waals surface area contributed by atoms with Crippen LogP contribution < -0.4 is 0 Å². The Morgan fingerprint density at radius 3 is 1.45 bits per heavy atom. The third-order valence-corrected chi connectivity index (χ3v) is 16.8. The number of rotatable bonds is 7. The smallest absolute Gasteiger partial charge is 0.165 e. The van der Waals surface area contributed by atoms with Crippen LogP contribution in [0.15, 0.2) is 212 Å². The molecule has 15 rings (SSSR count). The summed E-state index contributed by atoms with van der Waals surface area (Å²) in [5.41, 5.74) is 14.3. The molecule has 356 valence electrons. The second kappa shape index (κ2) is 16.7. The monoisotopic (exact) mass is 954 g/mol. The number of para-hydroxylation sites is 7. The van der Waals surface area contributed by atoms with Crippen molar-refractivity contribution < 1.29 is 0 Å². The zero-order chi connectivity index (χ0) is 49.1. The van der Waals surface area contributed by atoms with E-state index in [1.54, 1.807) is 0 Å². The van der Waals surface area contributed by atoms with Gasteiger partial charge in [0.05, 0.1) is 44.5 Å². The second-order valence-corrected chi connectivity index (χ2v) is 21.6. The summed E-state index contributed by atoms with van der Waals surface area (Å²) in [6.45, 7) is 4.90. The van der Waals surface area contributed by atoms with Crippen LogP contribution in [0.3, 0.4) is 0 Å². The molecule has 2 unspecified atom stereocenters. The van der Waals surface area contributed by atoms with E-state index in [9.17, 15) is 0 Å². The summed E-state index contributed by atoms with van der Waals surface area (Å²) in [4.78, 5) is 17.4. The van der Waals surface area contributed by atoms with E-state index in [4.69, 9.17) is 15.0 Å². The summed E-state index contributed by atoms with van der Waals surface area (Å²) in [6.07, 6.45) is 5.79. The summed E-state index contributed by atoms with van der Waals surface area (Å²) < 4.78 is 7.32. The molecule has 0 N–H and O–H groups in total. The summed E-state index contributed by atoms with van der Waals surface area (Å²) in [5.74, 6) is 4.15. The summed E-state index contributed by atoms with van der Waals surface area (Å²) in [7, 11) is 0. The molecule has 0 spiro atoms. The molecule has 74 heavy (non-hydrogen) atoms. The fraction of sp³-hybridized carbons (Fsp3) is 0.162. The van der Waals surface area contributed by atoms with Crippen LogP contribution in [-0.4, -0.2) is 28.7 Å². The molecule has 4 heterocycles. The fourth-order valence-electron chi connectivity index (χ4n) is 14.2. The standard InChI is InChI=1S/C68H54N6/c1-43-37-45-38-44(2)41-68(40-43,42-45)67-70-65(69-66(71-67)55-28-18-27-48(46-19-4-3-5-20-46)64(55)74-60-32-15-8-23-51(60)52-24-9-16-33-61(52)74)54-26-11-17-34-62(54)73-59-31-14-10-25-53(59)56-39-47(35-36-63(56)73)72-57-29-12-6-21-49(57)50-22-7-13-30-58(50)72/h3-36,39,43-45H,37-38,40-42H2,1-2H3/t43-,44+,45?,68?. The molecular formula is C68H54N6. The molecule has 0 radical (unpaired) electrons. The normalized spacial score (nSPS) is 18.9. The predicted octanol–water partition coefficient (Wildman–Crippen LogP) is 17.3. The highest BCUT2D eigenvalue weighted by molar-refractivity contribution is 6.13. The molecule has 6 heteroatoms. The molecule has 6 nitrogen and oxygen atoms in total. The van der Waals surface area contributed by atoms with Crippen LogP contribution in [-0.2, 0) is 5.41 Å². The van der Waals surface area contributed by atoms with Gasteiger partial charge < -0.3 is 13.7 Å². The SMILES string of the molecule is C[C@@H]1CC2C[C@H](C)CC(c3nc(-c4ccccc4-n4c5ccccc5c5cc(-n6c7ccccc7c7ccccc76)ccc54)nc(-c4cccc(-c5ccccc5)c4-n4c5ccccc5c5ccccc54)n3)(C2)C1. The van der Waals surface area contributed by atoms with Gasteiger partial charge in [-0.15, -0.1) is 0 Å². The maximum absolute atomic E-state index is 5.82. The Kier molecular flexibility index (Phi) is 9.72. The van der Waals surface area contributed by atoms with Gasteiger partial charge in [-0.3, -0.25) is 0 Å². The Morgan fingerprint density at radius 2 is 0.838 bits per heavy atom. The third kappa shape index (κ3) is 6.60. The van der Waals surface area contributed by atoms with Gasteiger partial charge >= 0.3 is 0 Å². The van der Waals surface area contributed by atoms with E-state index in [1.165, 1.54) is 56.2 Å². The molecule has 0 saturated heterocycles. The lowest BCUT2D eigenvalue weighted by Gasteiger charge is -2.49. The number of fused-ring (bicyclic) bond motifs is 11. The topological polar surface area (TPSA) is 53.5 Å². The van der Waals surface area contributed by atoms with Gasteiger partial charge in [0.25, 0.3) is 0 Å². The molecule has 0 amide bonds. The molecular weight excluding hydrogens is 901 g/mol. The quantitative estimate of drug-likeness (QED) is 0.160. The average Bonchev–Trinajstić information content (AvgIpc) is 4.08. The minimum atomic E-state index is -0.165. The van der Waals surface area contributed by atoms with Crippen molar-refractivity contribution in [3.8, 4) is 51.0 Å². The van der Waals surface area contributed by atoms with Crippen molar-refractivity contribution in [2.45, 2.75) is 51.4 Å². The fourth-order valence-corrected chi connectivity index (χ4v) is 14.2. The van der Waals surface area contributed by atoms with Crippen LogP contribution >= 0.6 is 0 Å². The van der Waals surface area contributed by atoms with Gasteiger partial charge in [-0.25, -0.2) is 15.0 Å². The molecule has 9 aromatic carbocycles. The highest BCUT2D eigenvalue weighted by Gasteiger charge is 2.48. The van der Waals surface area contributed by atoms with Gasteiger partial charge in [0, 0.05) is 60.1 Å². The van der Waals surface area contributed by atoms with Crippen LogP contribution in [0.2, 0.25) is 0 Å². The molecule has 2 aliphatic carbocycles. The van der Waals surface area contributed by atoms with Gasteiger partial charge in [-0.2, -0.15) is 0 Å². The minimum absolute atomic E-state index is 0.165. The lowest BCUT2D eigenvalue weighted by Crippen LogP contribution is -2.43. The summed E-state index contributed by atoms with van der Waals surface area (Å²) in [5, 5.41) is 7.33. The van der Waals surface area contributed by atoms with Crippen LogP contribution in [0, 0.1) is 17.8 Å². The molecule has 2 aliphatic rings. The lowest BCUT2D eigenvalue weighted by atomic mass is 9.56. The Labute approximate surface area is 430 Å². The van der Waals surface area contributed by atoms with E-state index >= 15 is 0 Å². The van der Waals surface area contributed by atoms with Crippen molar-refractivity contribution in [3.63, 3.8) is 0 Å². The van der Waals surface area contributed by atoms with Crippen molar-refractivity contribution in [2.75, 3.05) is 0 Å². The maximum atomic E-state index is 5.82. The Hall–Kier alpha value is -8.61. The van der Waals surface area contributed by atoms with Gasteiger partial charge in [-0.05, 0) is 122 Å². The summed E-state index contributed by atoms with van der Waals surface area (Å²) >= 11 is 0. The second-order valence-electron chi connectivity index (χ2n) is 21.6. The minimum Gasteiger partial charge on any atom is -0.309 e. The molecule has 2 saturated carbocycles. The third-order valence-electron chi connectivity index (χ3n) is 16.8. The van der Waals surface area contributed by atoms with Crippen LogP contribution in [0.1, 0.15) is 51.8 Å². The highest BCUT2D eigenvalue weighted by atomic mass is 15.1. The first kappa shape index (κ1) is 43.0. The van der Waals surface area contributed by atoms with Crippen molar-refractivity contribution >= 4 is 65.4 Å². The van der Waals surface area contributed by atoms with Crippen LogP contribution in [0.4, 0.5) is 0 Å². The predicted molar refractivity (Wildman–Crippen MR) is 306 cm³/mol. The first-order chi connectivity index (χ1) is 36.5. The summed E-state index contributed by atoms with van der Waals surface area (Å²) in [6, 6.07) is 77.3. The van der Waals surface area contributed by atoms with E-state index in [2.05, 4.69) is 240 Å². The lowest BCUT2D eigenvalue weighted by molar-refractivity contribution is 0.0720. The Bertz CT molecular complexity index is 4240. The first-order valence-electron chi connectivity index (χ1n) is 26.5. The van der Waals surface area contributed by atoms with Gasteiger partial charge in [-0.1, -0.05) is 159 Å². The van der Waals surface area contributed by atoms with Gasteiger partial charge in [0.2, 0.25) is 0 Å². The zero-order valence-corrected chi connectivity index (χ0v) is 41.7. The number of hydrogen-bond donors (Lipinski definition) is 0. The highest BCUT2D eigenvalue weighted by Crippen LogP contribution is 2.54. The van der Waals surface area contributed by atoms with Gasteiger partial charge in [0.15, 0.2) is 11.6 Å². The Morgan fingerprint density at radius 1 is 0.378 bits per heavy atom. The van der Waals surface area contributed by atoms with E-state index < -0.39 is 0 Å². The van der Waals surface area contributed by atoms with E-state index in [-0.39, 0.29) is 5.41 Å². The first-order valence-corrected chi connectivity index (χ1v) is 26.5. The van der Waals surface area contributed by atoms with Crippen molar-refractivity contribution in [1.82, 2.24) is 28.7 Å². The number of hydrogen-bond acceptors (Lipinski definition) is 3. The molecule has 2 fully saturated rings. The van der Waals surface area contributed by atoms with Crippen molar-refractivity contribution in [2.24, 2.45) is 17.8 Å². The zero-order valence-electron chi connectivity index (χ0n) is 41.7. The van der Waals surface area contributed by atoms with E-state index in [0.717, 1.165) is 86.5 Å². The van der Waals surface area contributed by atoms with E-state index in [1.807, 2.05) is 0 Å². The van der Waals surface area contributed by atoms with Gasteiger partial charge in [0.1, 0.15) is 5.82 Å². The van der Waals surface area contributed by atoms with E-state index in [0.29, 0.717) is 29.4 Å². The van der Waals surface area contributed by atoms with Crippen LogP contribution in [0.5, 0.6) is 0 Å². The molecule has 13 aromatic rings.